The van der Waals surface area contributed by atoms with Gasteiger partial charge in [-0.3, -0.25) is 0 Å². The van der Waals surface area contributed by atoms with Gasteiger partial charge in [-0.2, -0.15) is 0 Å². The van der Waals surface area contributed by atoms with Gasteiger partial charge in [-0.15, -0.1) is 0 Å². The third-order valence-corrected chi connectivity index (χ3v) is 8.16. The Balaban J connectivity index is 1.33. The lowest BCUT2D eigenvalue weighted by molar-refractivity contribution is -0.307. The van der Waals surface area contributed by atoms with E-state index in [0.29, 0.717) is 5.56 Å². The van der Waals surface area contributed by atoms with Gasteiger partial charge in [0.2, 0.25) is 0 Å². The van der Waals surface area contributed by atoms with Gasteiger partial charge in [0.15, 0.2) is 12.4 Å². The Morgan fingerprint density at radius 2 is 1.09 bits per heavy atom. The first-order valence-corrected chi connectivity index (χ1v) is 15.3. The number of carbonyl (C=O) groups is 1. The Kier molecular flexibility index (Phi) is 9.98. The zero-order chi connectivity index (χ0) is 31.8. The molecule has 0 spiro atoms. The summed E-state index contributed by atoms with van der Waals surface area (Å²) in [5.74, 6) is -0.681. The highest BCUT2D eigenvalue weighted by Crippen LogP contribution is 2.41. The molecule has 1 saturated heterocycles. The lowest BCUT2D eigenvalue weighted by Crippen LogP contribution is -2.61. The van der Waals surface area contributed by atoms with Crippen molar-refractivity contribution < 1.29 is 34.0 Å². The number of hydrogen-bond donors (Lipinski definition) is 2. The molecule has 0 unspecified atom stereocenters. The molecule has 1 fully saturated rings. The fourth-order valence-corrected chi connectivity index (χ4v) is 5.81. The Morgan fingerprint density at radius 1 is 0.630 bits per heavy atom. The van der Waals surface area contributed by atoms with Crippen LogP contribution in [0, 0.1) is 0 Å². The molecule has 7 heteroatoms. The highest BCUT2D eigenvalue weighted by atomic mass is 16.7. The summed E-state index contributed by atoms with van der Waals surface area (Å²) in [7, 11) is 0. The van der Waals surface area contributed by atoms with E-state index < -0.39 is 42.3 Å². The smallest absolute Gasteiger partial charge is 0.338 e. The quantitative estimate of drug-likeness (QED) is 0.141. The lowest BCUT2D eigenvalue weighted by atomic mass is 9.80. The van der Waals surface area contributed by atoms with Crippen molar-refractivity contribution in [2.45, 2.75) is 42.9 Å². The molecular weight excluding hydrogens is 580 g/mol. The van der Waals surface area contributed by atoms with Crippen LogP contribution in [0.15, 0.2) is 152 Å². The van der Waals surface area contributed by atoms with Crippen molar-refractivity contribution in [1.29, 1.82) is 0 Å². The Labute approximate surface area is 268 Å². The molecular formula is C39H36O7. The molecule has 5 aromatic carbocycles. The fraction of sp³-hybridized carbons (Fsp3) is 0.205. The molecule has 1 aliphatic heterocycles. The predicted molar refractivity (Wildman–Crippen MR) is 173 cm³/mol. The van der Waals surface area contributed by atoms with Gasteiger partial charge < -0.3 is 29.2 Å². The minimum Gasteiger partial charge on any atom is -0.453 e. The van der Waals surface area contributed by atoms with Gasteiger partial charge in [-0.25, -0.2) is 4.79 Å². The molecule has 6 rings (SSSR count). The van der Waals surface area contributed by atoms with E-state index in [1.165, 1.54) is 0 Å². The monoisotopic (exact) mass is 616 g/mol. The van der Waals surface area contributed by atoms with Crippen molar-refractivity contribution in [1.82, 2.24) is 0 Å². The fourth-order valence-electron chi connectivity index (χ4n) is 5.81. The number of hydrogen-bond acceptors (Lipinski definition) is 7. The molecule has 0 radical (unpaired) electrons. The number of rotatable bonds is 11. The predicted octanol–water partition coefficient (Wildman–Crippen LogP) is 5.88. The molecule has 5 aromatic rings. The average Bonchev–Trinajstić information content (AvgIpc) is 3.12. The zero-order valence-corrected chi connectivity index (χ0v) is 25.2. The number of ether oxygens (including phenoxy) is 4. The van der Waals surface area contributed by atoms with Crippen LogP contribution in [0.5, 0.6) is 0 Å². The van der Waals surface area contributed by atoms with Crippen molar-refractivity contribution in [2.75, 3.05) is 6.61 Å². The highest BCUT2D eigenvalue weighted by molar-refractivity contribution is 5.89. The summed E-state index contributed by atoms with van der Waals surface area (Å²) in [4.78, 5) is 13.1. The van der Waals surface area contributed by atoms with Crippen LogP contribution in [-0.2, 0) is 31.2 Å². The second-order valence-electron chi connectivity index (χ2n) is 11.1. The first kappa shape index (κ1) is 31.4. The second-order valence-corrected chi connectivity index (χ2v) is 11.1. The van der Waals surface area contributed by atoms with E-state index in [2.05, 4.69) is 0 Å². The first-order valence-electron chi connectivity index (χ1n) is 15.3. The van der Waals surface area contributed by atoms with Crippen molar-refractivity contribution in [3.8, 4) is 0 Å². The third-order valence-electron chi connectivity index (χ3n) is 8.16. The number of aliphatic hydroxyl groups is 2. The van der Waals surface area contributed by atoms with E-state index in [0.717, 1.165) is 22.3 Å². The maximum Gasteiger partial charge on any atom is 0.338 e. The number of benzene rings is 5. The van der Waals surface area contributed by atoms with Gasteiger partial charge in [-0.1, -0.05) is 140 Å². The molecule has 0 aromatic heterocycles. The molecule has 0 bridgehead atoms. The average molecular weight is 617 g/mol. The maximum atomic E-state index is 13.1. The van der Waals surface area contributed by atoms with Gasteiger partial charge in [0.25, 0.3) is 0 Å². The topological polar surface area (TPSA) is 94.5 Å². The Hall–Kier alpha value is -4.63. The zero-order valence-electron chi connectivity index (χ0n) is 25.2. The van der Waals surface area contributed by atoms with Crippen LogP contribution in [-0.4, -0.2) is 53.5 Å². The van der Waals surface area contributed by atoms with Crippen LogP contribution in [0.3, 0.4) is 0 Å². The van der Waals surface area contributed by atoms with Crippen LogP contribution < -0.4 is 0 Å². The molecule has 7 nitrogen and oxygen atoms in total. The molecule has 0 amide bonds. The summed E-state index contributed by atoms with van der Waals surface area (Å²) in [6.07, 6.45) is -6.50. The number of carbonyl (C=O) groups excluding carboxylic acids is 1. The van der Waals surface area contributed by atoms with Crippen LogP contribution in [0.2, 0.25) is 0 Å². The Bertz CT molecular complexity index is 1550. The van der Waals surface area contributed by atoms with Gasteiger partial charge in [0, 0.05) is 0 Å². The van der Waals surface area contributed by atoms with E-state index in [4.69, 9.17) is 18.9 Å². The molecule has 46 heavy (non-hydrogen) atoms. The van der Waals surface area contributed by atoms with E-state index >= 15 is 0 Å². The van der Waals surface area contributed by atoms with E-state index in [9.17, 15) is 15.0 Å². The summed E-state index contributed by atoms with van der Waals surface area (Å²) >= 11 is 0. The SMILES string of the molecule is O=C(O[C@H]1[C@@H](O)[C@@H](COC(c2ccccc2)(c2ccccc2)c2ccccc2)O[C@H](OCc2ccccc2)[C@@H]1O)c1ccccc1. The largest absolute Gasteiger partial charge is 0.453 e. The second kappa shape index (κ2) is 14.6. The van der Waals surface area contributed by atoms with E-state index in [-0.39, 0.29) is 13.2 Å². The van der Waals surface area contributed by atoms with Crippen LogP contribution in [0.4, 0.5) is 0 Å². The summed E-state index contributed by atoms with van der Waals surface area (Å²) < 4.78 is 24.9. The van der Waals surface area contributed by atoms with Gasteiger partial charge >= 0.3 is 5.97 Å². The molecule has 2 N–H and O–H groups in total. The lowest BCUT2D eigenvalue weighted by Gasteiger charge is -2.43. The van der Waals surface area contributed by atoms with Crippen LogP contribution >= 0.6 is 0 Å². The van der Waals surface area contributed by atoms with Crippen molar-refractivity contribution in [2.24, 2.45) is 0 Å². The van der Waals surface area contributed by atoms with Crippen LogP contribution in [0.1, 0.15) is 32.6 Å². The summed E-state index contributed by atoms with van der Waals surface area (Å²) in [6.45, 7) is 0.00469. The van der Waals surface area contributed by atoms with Crippen LogP contribution in [0.25, 0.3) is 0 Å². The highest BCUT2D eigenvalue weighted by Gasteiger charge is 2.49. The minimum absolute atomic E-state index is 0.128. The number of aliphatic hydroxyl groups excluding tert-OH is 2. The summed E-state index contributed by atoms with van der Waals surface area (Å²) in [5, 5.41) is 22.9. The van der Waals surface area contributed by atoms with Crippen molar-refractivity contribution >= 4 is 5.97 Å². The van der Waals surface area contributed by atoms with E-state index in [1.54, 1.807) is 30.3 Å². The molecule has 0 aliphatic carbocycles. The van der Waals surface area contributed by atoms with Crippen molar-refractivity contribution in [3.05, 3.63) is 179 Å². The summed E-state index contributed by atoms with van der Waals surface area (Å²) in [6, 6.07) is 47.4. The normalized spacial score (nSPS) is 21.4. The minimum atomic E-state index is -1.47. The number of esters is 1. The molecule has 0 saturated carbocycles. The maximum absolute atomic E-state index is 13.1. The van der Waals surface area contributed by atoms with Crippen molar-refractivity contribution in [3.63, 3.8) is 0 Å². The van der Waals surface area contributed by atoms with Gasteiger partial charge in [-0.05, 0) is 34.4 Å². The van der Waals surface area contributed by atoms with E-state index in [1.807, 2.05) is 121 Å². The Morgan fingerprint density at radius 3 is 1.59 bits per heavy atom. The molecule has 5 atom stereocenters. The molecule has 1 aliphatic rings. The molecule has 1 heterocycles. The molecule has 234 valence electrons. The standard InChI is InChI=1S/C39H36O7/c40-34-33(27-44-39(30-20-10-3-11-21-30,31-22-12-4-13-23-31)32-24-14-5-15-25-32)45-38(43-26-28-16-6-1-7-17-28)35(41)36(34)46-37(42)29-18-8-2-9-19-29/h1-25,33-36,38,40-41H,26-27H2/t33-,34+,35-,36+,38+/m1/s1. The first-order chi connectivity index (χ1) is 22.6. The van der Waals surface area contributed by atoms with Gasteiger partial charge in [0.05, 0.1) is 18.8 Å². The third kappa shape index (κ3) is 6.79. The summed E-state index contributed by atoms with van der Waals surface area (Å²) in [5.41, 5.74) is 2.70. The van der Waals surface area contributed by atoms with Gasteiger partial charge in [0.1, 0.15) is 23.9 Å².